The summed E-state index contributed by atoms with van der Waals surface area (Å²) in [6.07, 6.45) is 0. The molecular weight excluding hydrogens is 1270 g/mol. The van der Waals surface area contributed by atoms with E-state index in [0.717, 1.165) is 31.4 Å². The Morgan fingerprint density at radius 1 is 0.276 bits per heavy atom. The normalized spacial score (nSPS) is 16.7. The van der Waals surface area contributed by atoms with Crippen LogP contribution in [-0.2, 0) is 21.7 Å². The van der Waals surface area contributed by atoms with E-state index in [4.69, 9.17) is 5.48 Å². The molecule has 0 fully saturated rings. The summed E-state index contributed by atoms with van der Waals surface area (Å²) < 4.78 is 273. The Morgan fingerprint density at radius 2 is 0.571 bits per heavy atom. The average molecular weight is 1380 g/mol. The molecule has 0 unspecified atom stereocenters. The van der Waals surface area contributed by atoms with Crippen molar-refractivity contribution in [3.8, 4) is 67.0 Å². The van der Waals surface area contributed by atoms with E-state index in [1.165, 1.54) is 0 Å². The number of rotatable bonds is 9. The van der Waals surface area contributed by atoms with Crippen LogP contribution in [0.4, 0.5) is 34.1 Å². The van der Waals surface area contributed by atoms with Crippen molar-refractivity contribution in [3.05, 3.63) is 331 Å². The molecule has 2 aliphatic rings. The second-order valence-corrected chi connectivity index (χ2v) is 31.3. The van der Waals surface area contributed by atoms with Crippen LogP contribution in [0.15, 0.2) is 309 Å². The molecule has 0 radical (unpaired) electrons. The molecule has 5 heteroatoms. The van der Waals surface area contributed by atoms with Gasteiger partial charge in [0.1, 0.15) is 0 Å². The Hall–Kier alpha value is -11.7. The molecule has 0 bridgehead atoms. The zero-order chi connectivity index (χ0) is 95.5. The summed E-state index contributed by atoms with van der Waals surface area (Å²) in [6, 6.07) is 23.9. The first kappa shape index (κ1) is 42.2. The minimum Gasteiger partial charge on any atom is -0.310 e. The summed E-state index contributed by atoms with van der Waals surface area (Å²) in [5.74, 6) is 0. The van der Waals surface area contributed by atoms with Crippen molar-refractivity contribution < 1.29 is 37.0 Å². The number of hydrogen-bond acceptors (Lipinski definition) is 2. The van der Waals surface area contributed by atoms with Gasteiger partial charge in [-0.05, 0) is 154 Å². The van der Waals surface area contributed by atoms with Crippen LogP contribution in [0.25, 0.3) is 111 Å². The van der Waals surface area contributed by atoms with E-state index in [2.05, 4.69) is 0 Å². The molecule has 0 amide bonds. The van der Waals surface area contributed by atoms with Crippen molar-refractivity contribution in [2.24, 2.45) is 0 Å². The van der Waals surface area contributed by atoms with E-state index in [1.807, 2.05) is 217 Å². The Labute approximate surface area is 657 Å². The Morgan fingerprint density at radius 3 is 0.886 bits per heavy atom. The van der Waals surface area contributed by atoms with Crippen molar-refractivity contribution in [2.45, 2.75) is 105 Å². The first-order valence-corrected chi connectivity index (χ1v) is 35.2. The van der Waals surface area contributed by atoms with Gasteiger partial charge in [0.15, 0.2) is 0 Å². The smallest absolute Gasteiger partial charge is 0.252 e. The number of benzene rings is 14. The molecule has 4 heterocycles. The minimum atomic E-state index is -1.89. The third-order valence-electron chi connectivity index (χ3n) is 20.5. The van der Waals surface area contributed by atoms with E-state index in [-0.39, 0.29) is 56.1 Å². The Kier molecular flexibility index (Phi) is 9.85. The molecule has 14 aromatic carbocycles. The molecule has 0 spiro atoms. The van der Waals surface area contributed by atoms with Gasteiger partial charge < -0.3 is 18.9 Å². The molecule has 0 saturated heterocycles. The van der Waals surface area contributed by atoms with Crippen molar-refractivity contribution >= 4 is 101 Å². The van der Waals surface area contributed by atoms with Gasteiger partial charge >= 0.3 is 0 Å². The minimum absolute atomic E-state index is 0.0443. The monoisotopic (exact) mass is 1380 g/mol. The third kappa shape index (κ3) is 11.0. The van der Waals surface area contributed by atoms with Crippen LogP contribution in [0.5, 0.6) is 0 Å². The lowest BCUT2D eigenvalue weighted by atomic mass is 9.33. The number of fused-ring (bicyclic) bond motifs is 10. The maximum atomic E-state index is 11.9. The highest BCUT2D eigenvalue weighted by atomic mass is 15.2. The molecule has 0 atom stereocenters. The zero-order valence-electron chi connectivity index (χ0n) is 87.2. The van der Waals surface area contributed by atoms with Crippen molar-refractivity contribution in [2.75, 3.05) is 9.80 Å². The summed E-state index contributed by atoms with van der Waals surface area (Å²) >= 11 is 0. The van der Waals surface area contributed by atoms with E-state index in [0.29, 0.717) is 44.5 Å². The zero-order valence-corrected chi connectivity index (χ0v) is 60.2. The second-order valence-electron chi connectivity index (χ2n) is 31.3. The van der Waals surface area contributed by atoms with Crippen LogP contribution in [-0.4, -0.2) is 15.8 Å². The highest BCUT2D eigenvalue weighted by Crippen LogP contribution is 2.55. The number of para-hydroxylation sites is 6. The molecular formula is C100H87BN4. The van der Waals surface area contributed by atoms with Crippen LogP contribution in [0.1, 0.15) is 142 Å². The maximum absolute atomic E-state index is 11.9. The SMILES string of the molecule is [2H]c1c([2H])c([2H])c(-c2cc3c4c(c2)N(c2c(-c5cccc(C(C)(C)C)c5)cccc2-c2cccc(C(C)(C)C)c2)c2c([2H])c(-n5c6c([2H])c([2H])c([2H])c([2H])c6c6c([2H])c([2H])c([2H])c([2H])c65)c([2H])c([2H])c2B4c2c([2H])c([2H])c(-n4c5c([2H])c([2H])c([2H])c([2H])c5c5c([2H])c([2H])c([2H])c([2H])c54)c([2H])c2N3c2c(-c3cccc(C(C)(C)C)c3)cccc2-c2cccc(C(C)(C)C)c2)c([2H])c1[2H]. The topological polar surface area (TPSA) is 16.3 Å². The van der Waals surface area contributed by atoms with Gasteiger partial charge in [0.25, 0.3) is 6.71 Å². The molecule has 0 N–H and O–H groups in total. The van der Waals surface area contributed by atoms with Crippen LogP contribution >= 0.6 is 0 Å². The fourth-order valence-corrected chi connectivity index (χ4v) is 15.2. The number of anilines is 6. The summed E-state index contributed by atoms with van der Waals surface area (Å²) in [5.41, 5.74) is 0.213. The maximum Gasteiger partial charge on any atom is 0.252 e. The number of nitrogens with zero attached hydrogens (tertiary/aromatic N) is 4. The van der Waals surface area contributed by atoms with E-state index in [1.54, 1.807) is 21.9 Å². The van der Waals surface area contributed by atoms with Gasteiger partial charge in [0, 0.05) is 77.9 Å². The summed E-state index contributed by atoms with van der Waals surface area (Å²) in [4.78, 5) is 3.36. The first-order chi connectivity index (χ1) is 61.9. The van der Waals surface area contributed by atoms with Gasteiger partial charge in [0.2, 0.25) is 0 Å². The summed E-state index contributed by atoms with van der Waals surface area (Å²) in [6.45, 7) is 22.7. The summed E-state index contributed by atoms with van der Waals surface area (Å²) in [5, 5.41) is -1.73. The van der Waals surface area contributed by atoms with Gasteiger partial charge in [-0.1, -0.05) is 331 Å². The quantitative estimate of drug-likeness (QED) is 0.134. The van der Waals surface area contributed by atoms with Crippen LogP contribution in [0.3, 0.4) is 0 Å². The first-order valence-electron chi connectivity index (χ1n) is 48.7. The molecule has 18 rings (SSSR count). The molecule has 2 aromatic heterocycles. The van der Waals surface area contributed by atoms with Crippen molar-refractivity contribution in [1.82, 2.24) is 9.13 Å². The standard InChI is InChI=1S/C100H87BN4/c1-97(2,3)70-36-24-32-65(56-70)76-44-28-45-77(66-33-25-37-71(57-66)98(4,5)6)95(76)104-90-62-74(102-86-48-20-16-40-80(86)81-41-17-21-49-87(81)102)52-54-84(90)101-85-55-53-75(103-88-50-22-18-42-82(88)83-43-19-23-51-89(83)103)63-91(85)105(93-61-69(60-92(104)94(93)101)64-30-14-13-15-31-64)96-78(67-34-26-38-72(58-67)99(7,8)9)46-29-47-79(96)68-35-27-39-73(59-68)100(10,11)12/h13-63H,1-12H3/i13D,14D,15D,16D,17D,18D,19D,20D,21D,22D,23D,30D,31D,40D,41D,42D,43D,48D,49D,50D,51D,52D,53D,54D,55D,62D,63D. The molecule has 2 aliphatic heterocycles. The molecule has 105 heavy (non-hydrogen) atoms. The lowest BCUT2D eigenvalue weighted by Crippen LogP contribution is -2.61. The van der Waals surface area contributed by atoms with Gasteiger partial charge in [0.05, 0.1) is 70.5 Å². The number of hydrogen-bond donors (Lipinski definition) is 0. The van der Waals surface area contributed by atoms with Gasteiger partial charge in [-0.3, -0.25) is 0 Å². The van der Waals surface area contributed by atoms with Crippen molar-refractivity contribution in [3.63, 3.8) is 0 Å². The fourth-order valence-electron chi connectivity index (χ4n) is 15.2. The van der Waals surface area contributed by atoms with E-state index in [9.17, 15) is 31.5 Å². The largest absolute Gasteiger partial charge is 0.310 e. The molecule has 4 nitrogen and oxygen atoms in total. The van der Waals surface area contributed by atoms with Gasteiger partial charge in [-0.2, -0.15) is 0 Å². The predicted molar refractivity (Wildman–Crippen MR) is 451 cm³/mol. The van der Waals surface area contributed by atoms with Gasteiger partial charge in [-0.15, -0.1) is 0 Å². The fraction of sp³-hybridized carbons (Fsp3) is 0.160. The van der Waals surface area contributed by atoms with E-state index >= 15 is 0 Å². The summed E-state index contributed by atoms with van der Waals surface area (Å²) in [7, 11) is 0. The third-order valence-corrected chi connectivity index (χ3v) is 20.5. The lowest BCUT2D eigenvalue weighted by Gasteiger charge is -2.46. The molecule has 16 aromatic rings. The Balaban J connectivity index is 1.16. The van der Waals surface area contributed by atoms with Gasteiger partial charge in [-0.25, -0.2) is 0 Å². The number of aromatic nitrogens is 2. The predicted octanol–water partition coefficient (Wildman–Crippen LogP) is 25.5. The van der Waals surface area contributed by atoms with E-state index < -0.39 is 252 Å². The van der Waals surface area contributed by atoms with Crippen molar-refractivity contribution in [1.29, 1.82) is 0 Å². The molecule has 0 aliphatic carbocycles. The second kappa shape index (κ2) is 24.5. The molecule has 0 saturated carbocycles. The lowest BCUT2D eigenvalue weighted by molar-refractivity contribution is 0.590. The van der Waals surface area contributed by atoms with Crippen LogP contribution < -0.4 is 26.2 Å². The van der Waals surface area contributed by atoms with Crippen LogP contribution in [0, 0.1) is 0 Å². The Bertz CT molecular complexity index is 7120. The highest BCUT2D eigenvalue weighted by Gasteiger charge is 2.46. The average Bonchev–Trinajstić information content (AvgIpc) is 0.972. The highest BCUT2D eigenvalue weighted by molar-refractivity contribution is 7.00. The molecule has 510 valence electrons. The van der Waals surface area contributed by atoms with Crippen LogP contribution in [0.2, 0.25) is 0 Å².